The zero-order chi connectivity index (χ0) is 19.9. The van der Waals surface area contributed by atoms with Crippen molar-refractivity contribution in [2.45, 2.75) is 56.8 Å². The second-order valence-corrected chi connectivity index (χ2v) is 8.08. The Labute approximate surface area is 172 Å². The Bertz CT molecular complexity index is 617. The Morgan fingerprint density at radius 3 is 1.97 bits per heavy atom. The summed E-state index contributed by atoms with van der Waals surface area (Å²) < 4.78 is 22.9. The average Bonchev–Trinajstić information content (AvgIpc) is 3.51. The number of benzene rings is 1. The molecule has 7 heteroatoms. The summed E-state index contributed by atoms with van der Waals surface area (Å²) in [5.74, 6) is 0.786. The van der Waals surface area contributed by atoms with Crippen LogP contribution in [-0.2, 0) is 14.2 Å². The van der Waals surface area contributed by atoms with Gasteiger partial charge in [-0.25, -0.2) is 4.79 Å². The molecule has 2 amide bonds. The fraction of sp³-hybridized carbons (Fsp3) is 0.682. The molecular formula is C22H32N2O5. The van der Waals surface area contributed by atoms with Gasteiger partial charge in [0.25, 0.3) is 0 Å². The highest BCUT2D eigenvalue weighted by atomic mass is 16.5. The van der Waals surface area contributed by atoms with Crippen LogP contribution in [0.25, 0.3) is 0 Å². The van der Waals surface area contributed by atoms with Gasteiger partial charge in [0.15, 0.2) is 0 Å². The van der Waals surface area contributed by atoms with Gasteiger partial charge < -0.3 is 29.2 Å². The summed E-state index contributed by atoms with van der Waals surface area (Å²) in [6, 6.07) is 7.41. The first kappa shape index (κ1) is 20.4. The van der Waals surface area contributed by atoms with Gasteiger partial charge in [-0.1, -0.05) is 0 Å². The van der Waals surface area contributed by atoms with Crippen LogP contribution in [0.1, 0.15) is 38.5 Å². The highest BCUT2D eigenvalue weighted by Crippen LogP contribution is 2.21. The number of carbonyl (C=O) groups is 1. The van der Waals surface area contributed by atoms with Gasteiger partial charge in [-0.2, -0.15) is 0 Å². The van der Waals surface area contributed by atoms with E-state index >= 15 is 0 Å². The molecule has 0 bridgehead atoms. The van der Waals surface area contributed by atoms with Gasteiger partial charge in [0, 0.05) is 38.6 Å². The Morgan fingerprint density at radius 2 is 1.45 bits per heavy atom. The highest BCUT2D eigenvalue weighted by molar-refractivity contribution is 5.89. The van der Waals surface area contributed by atoms with Crippen LogP contribution in [-0.4, -0.2) is 68.8 Å². The molecule has 0 unspecified atom stereocenters. The van der Waals surface area contributed by atoms with E-state index in [1.54, 1.807) is 0 Å². The van der Waals surface area contributed by atoms with E-state index in [1.807, 2.05) is 29.2 Å². The lowest BCUT2D eigenvalue weighted by atomic mass is 10.2. The third-order valence-electron chi connectivity index (χ3n) is 5.75. The summed E-state index contributed by atoms with van der Waals surface area (Å²) in [6.07, 6.45) is 6.73. The Balaban J connectivity index is 1.30. The topological polar surface area (TPSA) is 69.3 Å². The minimum atomic E-state index is -0.107. The number of hydrogen-bond donors (Lipinski definition) is 1. The molecule has 3 heterocycles. The van der Waals surface area contributed by atoms with Crippen LogP contribution in [0.15, 0.2) is 24.3 Å². The first-order chi connectivity index (χ1) is 14.3. The lowest BCUT2D eigenvalue weighted by molar-refractivity contribution is 0.0524. The molecule has 0 aliphatic carbocycles. The molecule has 0 saturated carbocycles. The largest absolute Gasteiger partial charge is 0.491 e. The molecule has 1 aromatic rings. The third kappa shape index (κ3) is 6.07. The predicted molar refractivity (Wildman–Crippen MR) is 109 cm³/mol. The molecule has 1 aromatic carbocycles. The molecular weight excluding hydrogens is 372 g/mol. The fourth-order valence-corrected chi connectivity index (χ4v) is 4.11. The van der Waals surface area contributed by atoms with E-state index in [0.29, 0.717) is 19.7 Å². The lowest BCUT2D eigenvalue weighted by Crippen LogP contribution is -2.44. The smallest absolute Gasteiger partial charge is 0.322 e. The number of carbonyl (C=O) groups excluding carboxylic acids is 1. The molecule has 3 saturated heterocycles. The van der Waals surface area contributed by atoms with Crippen molar-refractivity contribution < 1.29 is 23.7 Å². The monoisotopic (exact) mass is 404 g/mol. The summed E-state index contributed by atoms with van der Waals surface area (Å²) in [5, 5.41) is 3.01. The van der Waals surface area contributed by atoms with E-state index in [-0.39, 0.29) is 24.3 Å². The Hall–Kier alpha value is -1.83. The standard InChI is InChI=1S/C22H32N2O5/c25-22(24(14-19-4-1-11-26-19)15-20-5-2-12-27-20)23-17-7-9-18(10-8-17)29-16-21-6-3-13-28-21/h7-10,19-21H,1-6,11-16H2,(H,23,25)/t19-,20-,21+/m1/s1. The molecule has 3 atom stereocenters. The van der Waals surface area contributed by atoms with Crippen molar-refractivity contribution in [1.82, 2.24) is 4.90 Å². The van der Waals surface area contributed by atoms with Crippen molar-refractivity contribution in [2.24, 2.45) is 0 Å². The molecule has 7 nitrogen and oxygen atoms in total. The van der Waals surface area contributed by atoms with Crippen molar-refractivity contribution in [1.29, 1.82) is 0 Å². The van der Waals surface area contributed by atoms with Gasteiger partial charge in [-0.15, -0.1) is 0 Å². The normalized spacial score (nSPS) is 26.6. The molecule has 4 rings (SSSR count). The maximum absolute atomic E-state index is 12.9. The van der Waals surface area contributed by atoms with Crippen molar-refractivity contribution in [2.75, 3.05) is 44.8 Å². The van der Waals surface area contributed by atoms with E-state index in [4.69, 9.17) is 18.9 Å². The van der Waals surface area contributed by atoms with Crippen LogP contribution in [0.3, 0.4) is 0 Å². The van der Waals surface area contributed by atoms with Gasteiger partial charge in [-0.3, -0.25) is 0 Å². The SMILES string of the molecule is O=C(Nc1ccc(OC[C@@H]2CCCO2)cc1)N(C[C@H]1CCCO1)C[C@H]1CCCO1. The number of amides is 2. The van der Waals surface area contributed by atoms with Crippen molar-refractivity contribution in [3.63, 3.8) is 0 Å². The first-order valence-corrected chi connectivity index (χ1v) is 10.9. The van der Waals surface area contributed by atoms with E-state index in [1.165, 1.54) is 0 Å². The van der Waals surface area contributed by atoms with E-state index in [2.05, 4.69) is 5.32 Å². The van der Waals surface area contributed by atoms with Gasteiger partial charge >= 0.3 is 6.03 Å². The average molecular weight is 405 g/mol. The van der Waals surface area contributed by atoms with Crippen LogP contribution in [0.4, 0.5) is 10.5 Å². The van der Waals surface area contributed by atoms with E-state index in [9.17, 15) is 4.79 Å². The van der Waals surface area contributed by atoms with Crippen LogP contribution >= 0.6 is 0 Å². The fourth-order valence-electron chi connectivity index (χ4n) is 4.11. The maximum Gasteiger partial charge on any atom is 0.322 e. The molecule has 0 aromatic heterocycles. The molecule has 160 valence electrons. The molecule has 0 spiro atoms. The number of urea groups is 1. The predicted octanol–water partition coefficient (Wildman–Crippen LogP) is 3.44. The van der Waals surface area contributed by atoms with Crippen LogP contribution in [0, 0.1) is 0 Å². The summed E-state index contributed by atoms with van der Waals surface area (Å²) in [4.78, 5) is 14.8. The molecule has 1 N–H and O–H groups in total. The van der Waals surface area contributed by atoms with Crippen molar-refractivity contribution in [3.8, 4) is 5.75 Å². The number of hydrogen-bond acceptors (Lipinski definition) is 5. The zero-order valence-corrected chi connectivity index (χ0v) is 17.0. The number of nitrogens with zero attached hydrogens (tertiary/aromatic N) is 1. The van der Waals surface area contributed by atoms with Gasteiger partial charge in [0.1, 0.15) is 12.4 Å². The number of anilines is 1. The third-order valence-corrected chi connectivity index (χ3v) is 5.75. The van der Waals surface area contributed by atoms with E-state index < -0.39 is 0 Å². The quantitative estimate of drug-likeness (QED) is 0.719. The van der Waals surface area contributed by atoms with Gasteiger partial charge in [0.2, 0.25) is 0 Å². The minimum absolute atomic E-state index is 0.107. The first-order valence-electron chi connectivity index (χ1n) is 10.9. The molecule has 0 radical (unpaired) electrons. The van der Waals surface area contributed by atoms with E-state index in [0.717, 1.165) is 69.8 Å². The van der Waals surface area contributed by atoms with Crippen molar-refractivity contribution in [3.05, 3.63) is 24.3 Å². The van der Waals surface area contributed by atoms with Crippen LogP contribution in [0.5, 0.6) is 5.75 Å². The molecule has 3 aliphatic heterocycles. The Morgan fingerprint density at radius 1 is 0.897 bits per heavy atom. The van der Waals surface area contributed by atoms with Gasteiger partial charge in [0.05, 0.1) is 18.3 Å². The van der Waals surface area contributed by atoms with Crippen molar-refractivity contribution >= 4 is 11.7 Å². The summed E-state index contributed by atoms with van der Waals surface area (Å²) in [7, 11) is 0. The summed E-state index contributed by atoms with van der Waals surface area (Å²) in [5.41, 5.74) is 0.754. The summed E-state index contributed by atoms with van der Waals surface area (Å²) in [6.45, 7) is 4.18. The second kappa shape index (κ2) is 10.3. The number of rotatable bonds is 8. The zero-order valence-electron chi connectivity index (χ0n) is 17.0. The molecule has 29 heavy (non-hydrogen) atoms. The number of ether oxygens (including phenoxy) is 4. The Kier molecular flexibility index (Phi) is 7.24. The molecule has 3 aliphatic rings. The molecule has 3 fully saturated rings. The van der Waals surface area contributed by atoms with Gasteiger partial charge in [-0.05, 0) is 62.8 Å². The lowest BCUT2D eigenvalue weighted by Gasteiger charge is -2.28. The van der Waals surface area contributed by atoms with Crippen LogP contribution in [0.2, 0.25) is 0 Å². The summed E-state index contributed by atoms with van der Waals surface area (Å²) >= 11 is 0. The minimum Gasteiger partial charge on any atom is -0.491 e. The van der Waals surface area contributed by atoms with Crippen LogP contribution < -0.4 is 10.1 Å². The highest BCUT2D eigenvalue weighted by Gasteiger charge is 2.27. The maximum atomic E-state index is 12.9. The second-order valence-electron chi connectivity index (χ2n) is 8.08. The number of nitrogens with one attached hydrogen (secondary N) is 1.